The third-order valence-corrected chi connectivity index (χ3v) is 4.60. The number of nitrogens with zero attached hydrogens (tertiary/aromatic N) is 2. The summed E-state index contributed by atoms with van der Waals surface area (Å²) in [7, 11) is 3.15. The van der Waals surface area contributed by atoms with Gasteiger partial charge < -0.3 is 19.3 Å². The van der Waals surface area contributed by atoms with Crippen LogP contribution in [0, 0.1) is 0 Å². The van der Waals surface area contributed by atoms with Gasteiger partial charge in [-0.3, -0.25) is 9.59 Å². The van der Waals surface area contributed by atoms with Crippen molar-refractivity contribution < 1.29 is 19.1 Å². The Kier molecular flexibility index (Phi) is 5.11. The maximum Gasteiger partial charge on any atom is 0.254 e. The first kappa shape index (κ1) is 17.8. The smallest absolute Gasteiger partial charge is 0.254 e. The summed E-state index contributed by atoms with van der Waals surface area (Å²) in [6.45, 7) is 2.65. The van der Waals surface area contributed by atoms with E-state index >= 15 is 0 Å². The Labute approximate surface area is 152 Å². The van der Waals surface area contributed by atoms with Crippen molar-refractivity contribution in [1.82, 2.24) is 4.90 Å². The lowest BCUT2D eigenvalue weighted by Gasteiger charge is -2.39. The first-order valence-corrected chi connectivity index (χ1v) is 8.45. The molecule has 2 amide bonds. The minimum Gasteiger partial charge on any atom is -0.497 e. The van der Waals surface area contributed by atoms with Crippen molar-refractivity contribution in [2.24, 2.45) is 0 Å². The molecule has 1 fully saturated rings. The SMILES string of the molecule is COc1cccc(C(=O)N2CCN(c3cccc(OC)c3)C(=O)C2C)c1. The molecule has 0 saturated carbocycles. The quantitative estimate of drug-likeness (QED) is 0.847. The van der Waals surface area contributed by atoms with Gasteiger partial charge >= 0.3 is 0 Å². The molecule has 1 unspecified atom stereocenters. The molecule has 0 bridgehead atoms. The van der Waals surface area contributed by atoms with E-state index in [1.807, 2.05) is 24.3 Å². The van der Waals surface area contributed by atoms with Crippen molar-refractivity contribution in [3.05, 3.63) is 54.1 Å². The molecule has 0 aliphatic carbocycles. The van der Waals surface area contributed by atoms with Gasteiger partial charge in [-0.1, -0.05) is 12.1 Å². The molecule has 1 atom stereocenters. The second kappa shape index (κ2) is 7.47. The van der Waals surface area contributed by atoms with Crippen LogP contribution in [0.5, 0.6) is 11.5 Å². The van der Waals surface area contributed by atoms with E-state index in [0.717, 1.165) is 5.69 Å². The molecule has 1 saturated heterocycles. The van der Waals surface area contributed by atoms with Crippen LogP contribution in [0.3, 0.4) is 0 Å². The van der Waals surface area contributed by atoms with E-state index in [9.17, 15) is 9.59 Å². The van der Waals surface area contributed by atoms with E-state index in [2.05, 4.69) is 0 Å². The van der Waals surface area contributed by atoms with Gasteiger partial charge in [0.15, 0.2) is 0 Å². The summed E-state index contributed by atoms with van der Waals surface area (Å²) in [5.41, 5.74) is 1.29. The number of carbonyl (C=O) groups is 2. The number of piperazine rings is 1. The summed E-state index contributed by atoms with van der Waals surface area (Å²) in [5, 5.41) is 0. The highest BCUT2D eigenvalue weighted by atomic mass is 16.5. The fraction of sp³-hybridized carbons (Fsp3) is 0.300. The van der Waals surface area contributed by atoms with Gasteiger partial charge in [0.25, 0.3) is 5.91 Å². The largest absolute Gasteiger partial charge is 0.497 e. The van der Waals surface area contributed by atoms with Crippen molar-refractivity contribution >= 4 is 17.5 Å². The van der Waals surface area contributed by atoms with Gasteiger partial charge in [0.05, 0.1) is 14.2 Å². The lowest BCUT2D eigenvalue weighted by Crippen LogP contribution is -2.57. The maximum atomic E-state index is 12.9. The summed E-state index contributed by atoms with van der Waals surface area (Å²) in [6.07, 6.45) is 0. The van der Waals surface area contributed by atoms with Crippen LogP contribution < -0.4 is 14.4 Å². The molecular formula is C20H22N2O4. The second-order valence-corrected chi connectivity index (χ2v) is 6.10. The van der Waals surface area contributed by atoms with Gasteiger partial charge in [-0.15, -0.1) is 0 Å². The van der Waals surface area contributed by atoms with Crippen LogP contribution in [0.15, 0.2) is 48.5 Å². The molecule has 1 aliphatic heterocycles. The molecule has 0 N–H and O–H groups in total. The van der Waals surface area contributed by atoms with Gasteiger partial charge in [-0.25, -0.2) is 0 Å². The lowest BCUT2D eigenvalue weighted by atomic mass is 10.1. The molecule has 0 radical (unpaired) electrons. The minimum atomic E-state index is -0.548. The van der Waals surface area contributed by atoms with Gasteiger partial charge in [0.1, 0.15) is 17.5 Å². The average Bonchev–Trinajstić information content (AvgIpc) is 2.69. The minimum absolute atomic E-state index is 0.110. The van der Waals surface area contributed by atoms with E-state index in [0.29, 0.717) is 30.2 Å². The van der Waals surface area contributed by atoms with E-state index < -0.39 is 6.04 Å². The molecule has 2 aromatic rings. The highest BCUT2D eigenvalue weighted by Gasteiger charge is 2.35. The Morgan fingerprint density at radius 2 is 1.65 bits per heavy atom. The lowest BCUT2D eigenvalue weighted by molar-refractivity contribution is -0.124. The fourth-order valence-electron chi connectivity index (χ4n) is 3.10. The van der Waals surface area contributed by atoms with Crippen molar-refractivity contribution in [3.63, 3.8) is 0 Å². The Bertz CT molecular complexity index is 821. The van der Waals surface area contributed by atoms with E-state index in [1.165, 1.54) is 0 Å². The first-order chi connectivity index (χ1) is 12.5. The summed E-state index contributed by atoms with van der Waals surface area (Å²) < 4.78 is 10.4. The predicted octanol–water partition coefficient (Wildman–Crippen LogP) is 2.58. The van der Waals surface area contributed by atoms with E-state index in [-0.39, 0.29) is 11.8 Å². The van der Waals surface area contributed by atoms with Crippen LogP contribution in [0.2, 0.25) is 0 Å². The monoisotopic (exact) mass is 354 g/mol. The maximum absolute atomic E-state index is 12.9. The standard InChI is InChI=1S/C20H22N2O4/c1-14-19(23)22(16-7-5-9-18(13-16)26-3)11-10-21(14)20(24)15-6-4-8-17(12-15)25-2/h4-9,12-14H,10-11H2,1-3H3. The number of amides is 2. The topological polar surface area (TPSA) is 59.1 Å². The van der Waals surface area contributed by atoms with Crippen LogP contribution >= 0.6 is 0 Å². The molecule has 0 aromatic heterocycles. The first-order valence-electron chi connectivity index (χ1n) is 8.45. The Balaban J connectivity index is 1.79. The van der Waals surface area contributed by atoms with Crippen molar-refractivity contribution in [1.29, 1.82) is 0 Å². The van der Waals surface area contributed by atoms with E-state index in [4.69, 9.17) is 9.47 Å². The molecular weight excluding hydrogens is 332 g/mol. The van der Waals surface area contributed by atoms with Gasteiger partial charge in [-0.2, -0.15) is 0 Å². The molecule has 26 heavy (non-hydrogen) atoms. The third kappa shape index (κ3) is 3.35. The van der Waals surface area contributed by atoms with Gasteiger partial charge in [0, 0.05) is 30.4 Å². The zero-order chi connectivity index (χ0) is 18.7. The third-order valence-electron chi connectivity index (χ3n) is 4.60. The Morgan fingerprint density at radius 3 is 2.35 bits per heavy atom. The Hall–Kier alpha value is -3.02. The van der Waals surface area contributed by atoms with Gasteiger partial charge in [0.2, 0.25) is 5.91 Å². The van der Waals surface area contributed by atoms with Gasteiger partial charge in [-0.05, 0) is 37.3 Å². The number of methoxy groups -OCH3 is 2. The second-order valence-electron chi connectivity index (χ2n) is 6.10. The number of carbonyl (C=O) groups excluding carboxylic acids is 2. The van der Waals surface area contributed by atoms with Crippen molar-refractivity contribution in [2.75, 3.05) is 32.2 Å². The number of rotatable bonds is 4. The van der Waals surface area contributed by atoms with Crippen LogP contribution in [0.1, 0.15) is 17.3 Å². The average molecular weight is 354 g/mol. The molecule has 3 rings (SSSR count). The summed E-state index contributed by atoms with van der Waals surface area (Å²) in [6, 6.07) is 13.8. The molecule has 2 aromatic carbocycles. The number of hydrogen-bond donors (Lipinski definition) is 0. The Morgan fingerprint density at radius 1 is 1.00 bits per heavy atom. The number of ether oxygens (including phenoxy) is 2. The summed E-state index contributed by atoms with van der Waals surface area (Å²) in [5.74, 6) is 1.03. The molecule has 6 heteroatoms. The molecule has 136 valence electrons. The molecule has 1 aliphatic rings. The van der Waals surface area contributed by atoms with Crippen LogP contribution in [-0.4, -0.2) is 50.1 Å². The number of benzene rings is 2. The zero-order valence-corrected chi connectivity index (χ0v) is 15.1. The van der Waals surface area contributed by atoms with Crippen molar-refractivity contribution in [3.8, 4) is 11.5 Å². The molecule has 1 heterocycles. The highest BCUT2D eigenvalue weighted by molar-refractivity contribution is 6.03. The highest BCUT2D eigenvalue weighted by Crippen LogP contribution is 2.25. The number of anilines is 1. The number of hydrogen-bond acceptors (Lipinski definition) is 4. The molecule has 0 spiro atoms. The zero-order valence-electron chi connectivity index (χ0n) is 15.1. The van der Waals surface area contributed by atoms with Crippen LogP contribution in [0.4, 0.5) is 5.69 Å². The summed E-state index contributed by atoms with van der Waals surface area (Å²) >= 11 is 0. The molecule has 6 nitrogen and oxygen atoms in total. The van der Waals surface area contributed by atoms with Crippen LogP contribution in [0.25, 0.3) is 0 Å². The normalized spacial score (nSPS) is 17.2. The summed E-state index contributed by atoms with van der Waals surface area (Å²) in [4.78, 5) is 29.0. The fourth-order valence-corrected chi connectivity index (χ4v) is 3.10. The van der Waals surface area contributed by atoms with Crippen molar-refractivity contribution in [2.45, 2.75) is 13.0 Å². The predicted molar refractivity (Wildman–Crippen MR) is 98.8 cm³/mol. The van der Waals surface area contributed by atoms with E-state index in [1.54, 1.807) is 55.2 Å². The van der Waals surface area contributed by atoms with Crippen LogP contribution in [-0.2, 0) is 4.79 Å².